The normalized spacial score (nSPS) is 24.4. The predicted molar refractivity (Wildman–Crippen MR) is 106 cm³/mol. The Bertz CT molecular complexity index is 960. The lowest BCUT2D eigenvalue weighted by Crippen LogP contribution is -2.31. The standard InChI is InChI=1S/C21H25N3O3S/c1-2-16-3-5-18(6-4-16)28(26,27)24-12-9-21(15-24)13-19(21)20(25)23-14-17-7-10-22-11-8-17/h3-8,10-11,19H,2,9,12-15H2,1H3,(H,23,25)/t19-,21+/m0/s1. The number of aryl methyl sites for hydroxylation is 1. The Morgan fingerprint density at radius 3 is 2.57 bits per heavy atom. The predicted octanol–water partition coefficient (Wildman–Crippen LogP) is 2.36. The minimum atomic E-state index is -3.50. The fourth-order valence-corrected chi connectivity index (χ4v) is 5.63. The zero-order chi connectivity index (χ0) is 19.8. The van der Waals surface area contributed by atoms with Crippen LogP contribution in [0.1, 0.15) is 30.9 Å². The molecule has 1 aromatic heterocycles. The van der Waals surface area contributed by atoms with Gasteiger partial charge in [0.15, 0.2) is 0 Å². The number of nitrogens with one attached hydrogen (secondary N) is 1. The first-order chi connectivity index (χ1) is 13.4. The van der Waals surface area contributed by atoms with Gasteiger partial charge in [0.05, 0.1) is 4.90 Å². The van der Waals surface area contributed by atoms with Crippen LogP contribution in [0.5, 0.6) is 0 Å². The maximum atomic E-state index is 13.0. The highest BCUT2D eigenvalue weighted by molar-refractivity contribution is 7.89. The number of pyridine rings is 1. The van der Waals surface area contributed by atoms with E-state index in [1.807, 2.05) is 31.2 Å². The van der Waals surface area contributed by atoms with Crippen molar-refractivity contribution >= 4 is 15.9 Å². The molecule has 1 spiro atoms. The lowest BCUT2D eigenvalue weighted by Gasteiger charge is -2.17. The van der Waals surface area contributed by atoms with Gasteiger partial charge >= 0.3 is 0 Å². The molecule has 7 heteroatoms. The van der Waals surface area contributed by atoms with E-state index in [-0.39, 0.29) is 17.2 Å². The van der Waals surface area contributed by atoms with E-state index in [1.165, 1.54) is 0 Å². The van der Waals surface area contributed by atoms with Gasteiger partial charge in [0.1, 0.15) is 0 Å². The molecule has 6 nitrogen and oxygen atoms in total. The molecule has 2 fully saturated rings. The molecule has 1 saturated heterocycles. The zero-order valence-corrected chi connectivity index (χ0v) is 16.8. The van der Waals surface area contributed by atoms with Crippen LogP contribution in [0.2, 0.25) is 0 Å². The second-order valence-electron chi connectivity index (χ2n) is 7.78. The lowest BCUT2D eigenvalue weighted by atomic mass is 10.0. The molecule has 4 rings (SSSR count). The molecule has 1 saturated carbocycles. The number of hydrogen-bond acceptors (Lipinski definition) is 4. The third-order valence-corrected chi connectivity index (χ3v) is 7.90. The highest BCUT2D eigenvalue weighted by Gasteiger charge is 2.62. The molecular formula is C21H25N3O3S. The average molecular weight is 400 g/mol. The minimum Gasteiger partial charge on any atom is -0.352 e. The summed E-state index contributed by atoms with van der Waals surface area (Å²) in [7, 11) is -3.50. The van der Waals surface area contributed by atoms with Crippen LogP contribution in [0.3, 0.4) is 0 Å². The van der Waals surface area contributed by atoms with Crippen molar-refractivity contribution in [1.82, 2.24) is 14.6 Å². The van der Waals surface area contributed by atoms with Crippen molar-refractivity contribution in [1.29, 1.82) is 0 Å². The average Bonchev–Trinajstić information content (AvgIpc) is 3.25. The lowest BCUT2D eigenvalue weighted by molar-refractivity contribution is -0.123. The molecular weight excluding hydrogens is 374 g/mol. The van der Waals surface area contributed by atoms with Crippen molar-refractivity contribution in [3.63, 3.8) is 0 Å². The zero-order valence-electron chi connectivity index (χ0n) is 16.0. The Balaban J connectivity index is 1.38. The maximum Gasteiger partial charge on any atom is 0.243 e. The second-order valence-corrected chi connectivity index (χ2v) is 9.72. The monoisotopic (exact) mass is 399 g/mol. The van der Waals surface area contributed by atoms with Gasteiger partial charge in [0.2, 0.25) is 15.9 Å². The van der Waals surface area contributed by atoms with E-state index >= 15 is 0 Å². The summed E-state index contributed by atoms with van der Waals surface area (Å²) in [6, 6.07) is 10.8. The second kappa shape index (κ2) is 7.29. The highest BCUT2D eigenvalue weighted by Crippen LogP contribution is 2.59. The van der Waals surface area contributed by atoms with E-state index in [4.69, 9.17) is 0 Å². The molecule has 2 atom stereocenters. The Morgan fingerprint density at radius 1 is 1.18 bits per heavy atom. The molecule has 148 valence electrons. The van der Waals surface area contributed by atoms with Gasteiger partial charge in [0.25, 0.3) is 0 Å². The summed E-state index contributed by atoms with van der Waals surface area (Å²) in [6.45, 7) is 3.42. The van der Waals surface area contributed by atoms with Crippen LogP contribution in [0.25, 0.3) is 0 Å². The molecule has 0 bridgehead atoms. The fourth-order valence-electron chi connectivity index (χ4n) is 4.09. The van der Waals surface area contributed by atoms with Crippen LogP contribution in [0.4, 0.5) is 0 Å². The van der Waals surface area contributed by atoms with Crippen LogP contribution in [-0.4, -0.2) is 36.7 Å². The number of hydrogen-bond donors (Lipinski definition) is 1. The van der Waals surface area contributed by atoms with Gasteiger partial charge in [-0.2, -0.15) is 4.31 Å². The van der Waals surface area contributed by atoms with Crippen LogP contribution in [0.15, 0.2) is 53.7 Å². The van der Waals surface area contributed by atoms with Gasteiger partial charge in [-0.1, -0.05) is 19.1 Å². The Morgan fingerprint density at radius 2 is 1.89 bits per heavy atom. The smallest absolute Gasteiger partial charge is 0.243 e. The number of nitrogens with zero attached hydrogens (tertiary/aromatic N) is 2. The van der Waals surface area contributed by atoms with Crippen molar-refractivity contribution in [2.45, 2.75) is 37.6 Å². The van der Waals surface area contributed by atoms with Gasteiger partial charge in [-0.3, -0.25) is 9.78 Å². The molecule has 2 aliphatic rings. The number of rotatable bonds is 6. The largest absolute Gasteiger partial charge is 0.352 e. The highest BCUT2D eigenvalue weighted by atomic mass is 32.2. The number of benzene rings is 1. The molecule has 1 aliphatic heterocycles. The van der Waals surface area contributed by atoms with Crippen LogP contribution in [0, 0.1) is 11.3 Å². The first-order valence-electron chi connectivity index (χ1n) is 9.70. The summed E-state index contributed by atoms with van der Waals surface area (Å²) in [6.07, 6.45) is 5.78. The van der Waals surface area contributed by atoms with Crippen LogP contribution in [-0.2, 0) is 27.8 Å². The maximum absolute atomic E-state index is 13.0. The summed E-state index contributed by atoms with van der Waals surface area (Å²) >= 11 is 0. The fraction of sp³-hybridized carbons (Fsp3) is 0.429. The quantitative estimate of drug-likeness (QED) is 0.809. The summed E-state index contributed by atoms with van der Waals surface area (Å²) in [5.41, 5.74) is 1.92. The van der Waals surface area contributed by atoms with E-state index in [2.05, 4.69) is 10.3 Å². The van der Waals surface area contributed by atoms with Crippen molar-refractivity contribution in [3.05, 3.63) is 59.9 Å². The summed E-state index contributed by atoms with van der Waals surface area (Å²) < 4.78 is 27.5. The third-order valence-electron chi connectivity index (χ3n) is 6.04. The van der Waals surface area contributed by atoms with Crippen LogP contribution >= 0.6 is 0 Å². The Hall–Kier alpha value is -2.25. The van der Waals surface area contributed by atoms with Gasteiger partial charge in [-0.25, -0.2) is 8.42 Å². The molecule has 1 amide bonds. The van der Waals surface area contributed by atoms with Crippen molar-refractivity contribution in [2.75, 3.05) is 13.1 Å². The number of sulfonamides is 1. The third kappa shape index (κ3) is 3.56. The molecule has 0 unspecified atom stereocenters. The molecule has 1 aromatic carbocycles. The summed E-state index contributed by atoms with van der Waals surface area (Å²) in [5, 5.41) is 2.98. The van der Waals surface area contributed by atoms with Gasteiger partial charge in [-0.15, -0.1) is 0 Å². The summed E-state index contributed by atoms with van der Waals surface area (Å²) in [4.78, 5) is 16.8. The summed E-state index contributed by atoms with van der Waals surface area (Å²) in [5.74, 6) is -0.0830. The minimum absolute atomic E-state index is 0.0170. The van der Waals surface area contributed by atoms with Gasteiger partial charge in [-0.05, 0) is 60.1 Å². The SMILES string of the molecule is CCc1ccc(S(=O)(=O)N2CC[C@@]3(C[C@H]3C(=O)NCc3ccncc3)C2)cc1. The number of carbonyl (C=O) groups excluding carboxylic acids is 1. The molecule has 1 aliphatic carbocycles. The topological polar surface area (TPSA) is 79.4 Å². The van der Waals surface area contributed by atoms with Gasteiger partial charge < -0.3 is 5.32 Å². The van der Waals surface area contributed by atoms with E-state index in [0.29, 0.717) is 24.5 Å². The Labute approximate surface area is 166 Å². The van der Waals surface area contributed by atoms with E-state index in [9.17, 15) is 13.2 Å². The van der Waals surface area contributed by atoms with Crippen molar-refractivity contribution in [3.8, 4) is 0 Å². The molecule has 2 aromatic rings. The molecule has 28 heavy (non-hydrogen) atoms. The number of amides is 1. The van der Waals surface area contributed by atoms with Crippen LogP contribution < -0.4 is 5.32 Å². The van der Waals surface area contributed by atoms with E-state index in [1.54, 1.807) is 28.8 Å². The Kier molecular flexibility index (Phi) is 4.97. The first kappa shape index (κ1) is 19.1. The van der Waals surface area contributed by atoms with Gasteiger partial charge in [0, 0.05) is 37.9 Å². The van der Waals surface area contributed by atoms with Crippen molar-refractivity contribution in [2.24, 2.45) is 11.3 Å². The van der Waals surface area contributed by atoms with E-state index in [0.717, 1.165) is 30.4 Å². The molecule has 0 radical (unpaired) electrons. The number of carbonyl (C=O) groups is 1. The van der Waals surface area contributed by atoms with E-state index < -0.39 is 10.0 Å². The number of aromatic nitrogens is 1. The van der Waals surface area contributed by atoms with Crippen molar-refractivity contribution < 1.29 is 13.2 Å². The first-order valence-corrected chi connectivity index (χ1v) is 11.1. The molecule has 1 N–H and O–H groups in total. The molecule has 2 heterocycles.